The molecule has 1 aromatic rings. The van der Waals surface area contributed by atoms with Crippen LogP contribution in [0, 0.1) is 0 Å². The van der Waals surface area contributed by atoms with E-state index in [-0.39, 0.29) is 19.6 Å². The van der Waals surface area contributed by atoms with E-state index < -0.39 is 17.9 Å². The van der Waals surface area contributed by atoms with E-state index >= 15 is 0 Å². The summed E-state index contributed by atoms with van der Waals surface area (Å²) in [5, 5.41) is 27.8. The number of carboxylic acids is 3. The van der Waals surface area contributed by atoms with Crippen molar-refractivity contribution >= 4 is 24.0 Å². The third-order valence-corrected chi connectivity index (χ3v) is 5.63. The van der Waals surface area contributed by atoms with Gasteiger partial charge in [-0.15, -0.1) is 0 Å². The molecule has 0 bridgehead atoms. The summed E-state index contributed by atoms with van der Waals surface area (Å²) >= 11 is 0. The van der Waals surface area contributed by atoms with Crippen LogP contribution in [0.2, 0.25) is 0 Å². The van der Waals surface area contributed by atoms with Gasteiger partial charge in [0, 0.05) is 58.9 Å². The highest BCUT2D eigenvalue weighted by Gasteiger charge is 2.20. The van der Waals surface area contributed by atoms with E-state index in [1.807, 2.05) is 34.1 Å². The molecule has 1 fully saturated rings. The molecule has 10 heteroatoms. The molecule has 0 amide bonds. The van der Waals surface area contributed by atoms with Gasteiger partial charge in [-0.05, 0) is 11.1 Å². The minimum absolute atomic E-state index is 0.117. The maximum absolute atomic E-state index is 11.3. The SMILES string of the molecule is C=Cc1ccc(CN2CCN(CC(=O)O)CCN(CC(=O)O)CCN(CC(=O)O)CC2)cc1. The topological polar surface area (TPSA) is 125 Å². The second-order valence-electron chi connectivity index (χ2n) is 8.23. The Morgan fingerprint density at radius 2 is 1.00 bits per heavy atom. The summed E-state index contributed by atoms with van der Waals surface area (Å²) in [6.07, 6.45) is 1.78. The first-order valence-corrected chi connectivity index (χ1v) is 11.0. The third kappa shape index (κ3) is 10.6. The zero-order valence-electron chi connectivity index (χ0n) is 18.9. The summed E-state index contributed by atoms with van der Waals surface area (Å²) in [4.78, 5) is 41.5. The minimum atomic E-state index is -0.967. The van der Waals surface area contributed by atoms with Crippen LogP contribution in [-0.2, 0) is 20.9 Å². The molecule has 1 aliphatic rings. The van der Waals surface area contributed by atoms with E-state index in [4.69, 9.17) is 0 Å². The van der Waals surface area contributed by atoms with Crippen molar-refractivity contribution in [2.24, 2.45) is 0 Å². The largest absolute Gasteiger partial charge is 0.480 e. The average Bonchev–Trinajstić information content (AvgIpc) is 2.75. The predicted molar refractivity (Wildman–Crippen MR) is 124 cm³/mol. The molecule has 0 aliphatic carbocycles. The molecular formula is C23H34N4O6. The molecule has 1 aliphatic heterocycles. The Morgan fingerprint density at radius 1 is 0.667 bits per heavy atom. The highest BCUT2D eigenvalue weighted by atomic mass is 16.4. The highest BCUT2D eigenvalue weighted by Crippen LogP contribution is 2.10. The molecule has 2 rings (SSSR count). The maximum atomic E-state index is 11.3. The van der Waals surface area contributed by atoms with Gasteiger partial charge in [0.05, 0.1) is 19.6 Å². The molecule has 3 N–H and O–H groups in total. The van der Waals surface area contributed by atoms with Crippen LogP contribution < -0.4 is 0 Å². The lowest BCUT2D eigenvalue weighted by molar-refractivity contribution is -0.140. The molecule has 1 heterocycles. The molecule has 1 aromatic carbocycles. The van der Waals surface area contributed by atoms with Gasteiger partial charge >= 0.3 is 17.9 Å². The fraction of sp³-hybridized carbons (Fsp3) is 0.522. The first kappa shape index (κ1) is 26.5. The number of rotatable bonds is 9. The van der Waals surface area contributed by atoms with Gasteiger partial charge in [0.15, 0.2) is 0 Å². The van der Waals surface area contributed by atoms with Crippen LogP contribution in [0.4, 0.5) is 0 Å². The number of benzene rings is 1. The van der Waals surface area contributed by atoms with E-state index in [0.29, 0.717) is 58.9 Å². The van der Waals surface area contributed by atoms with Crippen LogP contribution >= 0.6 is 0 Å². The lowest BCUT2D eigenvalue weighted by Crippen LogP contribution is -2.48. The maximum Gasteiger partial charge on any atom is 0.317 e. The number of carbonyl (C=O) groups is 3. The van der Waals surface area contributed by atoms with Gasteiger partial charge in [-0.1, -0.05) is 36.9 Å². The van der Waals surface area contributed by atoms with Gasteiger partial charge in [-0.3, -0.25) is 34.0 Å². The van der Waals surface area contributed by atoms with Crippen LogP contribution in [0.3, 0.4) is 0 Å². The molecule has 0 unspecified atom stereocenters. The molecule has 182 valence electrons. The molecule has 0 aromatic heterocycles. The van der Waals surface area contributed by atoms with E-state index in [2.05, 4.69) is 11.5 Å². The summed E-state index contributed by atoms with van der Waals surface area (Å²) in [6.45, 7) is 7.87. The smallest absolute Gasteiger partial charge is 0.317 e. The Bertz CT molecular complexity index is 769. The van der Waals surface area contributed by atoms with E-state index in [1.54, 1.807) is 11.0 Å². The number of carboxylic acid groups (broad SMARTS) is 3. The van der Waals surface area contributed by atoms with Gasteiger partial charge in [0.25, 0.3) is 0 Å². The van der Waals surface area contributed by atoms with Crippen molar-refractivity contribution in [2.75, 3.05) is 72.0 Å². The van der Waals surface area contributed by atoms with E-state index in [0.717, 1.165) is 11.1 Å². The monoisotopic (exact) mass is 462 g/mol. The van der Waals surface area contributed by atoms with Crippen molar-refractivity contribution in [3.63, 3.8) is 0 Å². The van der Waals surface area contributed by atoms with Crippen molar-refractivity contribution in [1.82, 2.24) is 19.6 Å². The normalized spacial score (nSPS) is 18.2. The van der Waals surface area contributed by atoms with Crippen LogP contribution in [0.15, 0.2) is 30.8 Å². The number of hydrogen-bond donors (Lipinski definition) is 3. The van der Waals surface area contributed by atoms with Crippen LogP contribution in [0.25, 0.3) is 6.08 Å². The summed E-state index contributed by atoms with van der Waals surface area (Å²) < 4.78 is 0. The van der Waals surface area contributed by atoms with Crippen molar-refractivity contribution in [3.8, 4) is 0 Å². The standard InChI is InChI=1S/C23H34N4O6/c1-2-19-3-5-20(6-4-19)15-24-7-9-25(16-21(28)29)11-13-27(18-23(32)33)14-12-26(10-8-24)17-22(30)31/h2-6H,1,7-18H2,(H,28,29)(H,30,31)(H,32,33). The van der Waals surface area contributed by atoms with Gasteiger partial charge in [-0.25, -0.2) is 0 Å². The fourth-order valence-electron chi connectivity index (χ4n) is 3.80. The van der Waals surface area contributed by atoms with Crippen molar-refractivity contribution in [1.29, 1.82) is 0 Å². The Hall–Kier alpha value is -2.79. The second-order valence-corrected chi connectivity index (χ2v) is 8.23. The molecule has 33 heavy (non-hydrogen) atoms. The molecule has 0 atom stereocenters. The minimum Gasteiger partial charge on any atom is -0.480 e. The van der Waals surface area contributed by atoms with Crippen molar-refractivity contribution in [2.45, 2.75) is 6.54 Å². The Morgan fingerprint density at radius 3 is 1.30 bits per heavy atom. The quantitative estimate of drug-likeness (QED) is 0.472. The molecule has 0 spiro atoms. The zero-order valence-corrected chi connectivity index (χ0v) is 18.9. The van der Waals surface area contributed by atoms with E-state index in [1.165, 1.54) is 0 Å². The first-order chi connectivity index (χ1) is 15.7. The highest BCUT2D eigenvalue weighted by molar-refractivity contribution is 5.69. The molecule has 0 radical (unpaired) electrons. The van der Waals surface area contributed by atoms with Crippen LogP contribution in [0.1, 0.15) is 11.1 Å². The summed E-state index contributed by atoms with van der Waals surface area (Å²) in [5.74, 6) is -2.82. The summed E-state index contributed by atoms with van der Waals surface area (Å²) in [6, 6.07) is 8.04. The predicted octanol–water partition coefficient (Wildman–Crippen LogP) is 0.305. The van der Waals surface area contributed by atoms with Gasteiger partial charge in [0.2, 0.25) is 0 Å². The average molecular weight is 463 g/mol. The lowest BCUT2D eigenvalue weighted by atomic mass is 10.1. The van der Waals surface area contributed by atoms with Crippen LogP contribution in [0.5, 0.6) is 0 Å². The Balaban J connectivity index is 2.16. The number of aliphatic carboxylic acids is 3. The number of hydrogen-bond acceptors (Lipinski definition) is 7. The van der Waals surface area contributed by atoms with E-state index in [9.17, 15) is 29.7 Å². The molecule has 0 saturated carbocycles. The fourth-order valence-corrected chi connectivity index (χ4v) is 3.80. The van der Waals surface area contributed by atoms with Gasteiger partial charge in [0.1, 0.15) is 0 Å². The molecule has 1 saturated heterocycles. The molecule has 10 nitrogen and oxygen atoms in total. The first-order valence-electron chi connectivity index (χ1n) is 11.0. The Kier molecular flexibility index (Phi) is 11.0. The number of nitrogens with zero attached hydrogens (tertiary/aromatic N) is 4. The molecular weight excluding hydrogens is 428 g/mol. The van der Waals surface area contributed by atoms with Crippen molar-refractivity contribution < 1.29 is 29.7 Å². The third-order valence-electron chi connectivity index (χ3n) is 5.63. The second kappa shape index (κ2) is 13.7. The van der Waals surface area contributed by atoms with Gasteiger partial charge in [-0.2, -0.15) is 0 Å². The lowest BCUT2D eigenvalue weighted by Gasteiger charge is -2.33. The zero-order chi connectivity index (χ0) is 24.2. The van der Waals surface area contributed by atoms with Gasteiger partial charge < -0.3 is 15.3 Å². The summed E-state index contributed by atoms with van der Waals surface area (Å²) in [7, 11) is 0. The van der Waals surface area contributed by atoms with Crippen LogP contribution in [-0.4, -0.2) is 125 Å². The summed E-state index contributed by atoms with van der Waals surface area (Å²) in [5.41, 5.74) is 2.13. The Labute approximate surface area is 194 Å². The van der Waals surface area contributed by atoms with Crippen molar-refractivity contribution in [3.05, 3.63) is 42.0 Å².